The number of nitrogens with one attached hydrogen (secondary N) is 1. The molecular formula is C23H22Cl2N6OS. The Morgan fingerprint density at radius 2 is 2.03 bits per heavy atom. The van der Waals surface area contributed by atoms with Crippen LogP contribution in [0.5, 0.6) is 0 Å². The van der Waals surface area contributed by atoms with E-state index in [2.05, 4.69) is 22.7 Å². The number of benzene rings is 1. The molecule has 0 bridgehead atoms. The van der Waals surface area contributed by atoms with Gasteiger partial charge in [-0.25, -0.2) is 9.69 Å². The van der Waals surface area contributed by atoms with Gasteiger partial charge < -0.3 is 0 Å². The van der Waals surface area contributed by atoms with Crippen molar-refractivity contribution in [3.63, 3.8) is 0 Å². The van der Waals surface area contributed by atoms with Gasteiger partial charge in [-0.3, -0.25) is 10.2 Å². The molecule has 0 aliphatic carbocycles. The average molecular weight is 501 g/mol. The third-order valence-corrected chi connectivity index (χ3v) is 7.55. The molecule has 1 amide bonds. The number of hydrogen-bond donors (Lipinski definition) is 1. The Morgan fingerprint density at radius 3 is 2.73 bits per heavy atom. The van der Waals surface area contributed by atoms with E-state index < -0.39 is 5.91 Å². The van der Waals surface area contributed by atoms with Gasteiger partial charge in [0.05, 0.1) is 22.5 Å². The Labute approximate surface area is 206 Å². The molecule has 2 aromatic rings. The van der Waals surface area contributed by atoms with E-state index in [0.717, 1.165) is 50.1 Å². The molecule has 2 aliphatic heterocycles. The molecule has 1 aromatic heterocycles. The van der Waals surface area contributed by atoms with Crippen LogP contribution in [-0.2, 0) is 0 Å². The van der Waals surface area contributed by atoms with Crippen LogP contribution in [-0.4, -0.2) is 39.0 Å². The summed E-state index contributed by atoms with van der Waals surface area (Å²) in [5, 5.41) is 26.5. The number of thioether (sulfide) groups is 1. The quantitative estimate of drug-likeness (QED) is 0.575. The smallest absolute Gasteiger partial charge is 0.283 e. The van der Waals surface area contributed by atoms with Crippen LogP contribution in [0, 0.1) is 22.7 Å². The molecule has 1 N–H and O–H groups in total. The molecule has 7 nitrogen and oxygen atoms in total. The molecule has 1 atom stereocenters. The fourth-order valence-electron chi connectivity index (χ4n) is 4.01. The Morgan fingerprint density at radius 1 is 1.24 bits per heavy atom. The number of carbonyl (C=O) groups excluding carboxylic acids is 1. The van der Waals surface area contributed by atoms with Crippen molar-refractivity contribution >= 4 is 45.8 Å². The molecule has 10 heteroatoms. The van der Waals surface area contributed by atoms with E-state index in [1.807, 2.05) is 11.1 Å². The van der Waals surface area contributed by atoms with E-state index in [1.165, 1.54) is 0 Å². The second kappa shape index (κ2) is 10.6. The lowest BCUT2D eigenvalue weighted by Crippen LogP contribution is -2.45. The van der Waals surface area contributed by atoms with Gasteiger partial charge in [0.25, 0.3) is 5.91 Å². The minimum atomic E-state index is -0.414. The van der Waals surface area contributed by atoms with Crippen LogP contribution in [0.25, 0.3) is 10.6 Å². The van der Waals surface area contributed by atoms with Gasteiger partial charge in [0, 0.05) is 34.7 Å². The first-order valence-electron chi connectivity index (χ1n) is 10.8. The summed E-state index contributed by atoms with van der Waals surface area (Å²) in [7, 11) is 0. The largest absolute Gasteiger partial charge is 0.287 e. The Balaban J connectivity index is 1.75. The number of allylic oxidation sites excluding steroid dienone is 1. The number of aromatic nitrogens is 2. The zero-order valence-electron chi connectivity index (χ0n) is 17.9. The van der Waals surface area contributed by atoms with Gasteiger partial charge in [0.15, 0.2) is 5.69 Å². The second-order valence-corrected chi connectivity index (χ2v) is 10.1. The molecule has 33 heavy (non-hydrogen) atoms. The van der Waals surface area contributed by atoms with Crippen molar-refractivity contribution in [3.8, 4) is 17.8 Å². The number of hydrazine groups is 1. The second-order valence-electron chi connectivity index (χ2n) is 7.92. The van der Waals surface area contributed by atoms with E-state index in [-0.39, 0.29) is 16.5 Å². The SMILES string of the molecule is N#CCCC1CC=C(c2c(C#N)c(C(=O)NN3CCCCC3)nn2-c2ccc(Cl)cc2Cl)S1. The molecular weight excluding hydrogens is 479 g/mol. The summed E-state index contributed by atoms with van der Waals surface area (Å²) < 4.78 is 1.56. The van der Waals surface area contributed by atoms with Crippen LogP contribution < -0.4 is 5.43 Å². The summed E-state index contributed by atoms with van der Waals surface area (Å²) in [5.74, 6) is -0.414. The van der Waals surface area contributed by atoms with Gasteiger partial charge in [0.2, 0.25) is 0 Å². The van der Waals surface area contributed by atoms with E-state index in [9.17, 15) is 10.1 Å². The molecule has 1 unspecified atom stereocenters. The standard InChI is InChI=1S/C23H22Cl2N6OS/c24-15-6-8-19(18(25)13-15)31-22(20-9-7-16(33-20)5-4-10-26)17(14-27)21(28-31)23(32)29-30-11-2-1-3-12-30/h6,8-9,13,16H,1-5,7,11-12H2,(H,29,32). The topological polar surface area (TPSA) is 97.7 Å². The zero-order valence-corrected chi connectivity index (χ0v) is 20.2. The lowest BCUT2D eigenvalue weighted by Gasteiger charge is -2.26. The summed E-state index contributed by atoms with van der Waals surface area (Å²) >= 11 is 14.2. The molecule has 4 rings (SSSR count). The van der Waals surface area contributed by atoms with E-state index in [0.29, 0.717) is 27.8 Å². The summed E-state index contributed by atoms with van der Waals surface area (Å²) in [4.78, 5) is 14.0. The Kier molecular flexibility index (Phi) is 7.62. The normalized spacial score (nSPS) is 18.4. The summed E-state index contributed by atoms with van der Waals surface area (Å²) in [6.45, 7) is 1.54. The molecule has 0 radical (unpaired) electrons. The zero-order chi connectivity index (χ0) is 23.4. The summed E-state index contributed by atoms with van der Waals surface area (Å²) in [6, 6.07) is 9.41. The first-order chi connectivity index (χ1) is 16.0. The predicted octanol–water partition coefficient (Wildman–Crippen LogP) is 5.33. The van der Waals surface area contributed by atoms with Crippen molar-refractivity contribution in [2.24, 2.45) is 0 Å². The summed E-state index contributed by atoms with van der Waals surface area (Å²) in [5.41, 5.74) is 4.24. The monoisotopic (exact) mass is 500 g/mol. The molecule has 3 heterocycles. The third-order valence-electron chi connectivity index (χ3n) is 5.64. The van der Waals surface area contributed by atoms with Crippen molar-refractivity contribution < 1.29 is 4.79 Å². The number of rotatable bonds is 6. The van der Waals surface area contributed by atoms with E-state index >= 15 is 0 Å². The number of hydrogen-bond acceptors (Lipinski definition) is 6. The van der Waals surface area contributed by atoms with Crippen LogP contribution in [0.1, 0.15) is 60.3 Å². The van der Waals surface area contributed by atoms with Crippen LogP contribution in [0.4, 0.5) is 0 Å². The molecule has 0 saturated carbocycles. The van der Waals surface area contributed by atoms with Crippen LogP contribution in [0.2, 0.25) is 10.0 Å². The number of amides is 1. The molecule has 1 aromatic carbocycles. The van der Waals surface area contributed by atoms with Gasteiger partial charge in [0.1, 0.15) is 11.6 Å². The van der Waals surface area contributed by atoms with E-state index in [1.54, 1.807) is 34.6 Å². The maximum absolute atomic E-state index is 13.2. The first-order valence-corrected chi connectivity index (χ1v) is 12.4. The number of nitriles is 2. The van der Waals surface area contributed by atoms with Crippen molar-refractivity contribution in [2.75, 3.05) is 13.1 Å². The number of carbonyl (C=O) groups is 1. The third kappa shape index (κ3) is 5.20. The minimum Gasteiger partial charge on any atom is -0.283 e. The summed E-state index contributed by atoms with van der Waals surface area (Å²) in [6.07, 6.45) is 7.20. The maximum Gasteiger partial charge on any atom is 0.287 e. The fourth-order valence-corrected chi connectivity index (χ4v) is 5.78. The highest BCUT2D eigenvalue weighted by Crippen LogP contribution is 2.44. The molecule has 1 saturated heterocycles. The Hall–Kier alpha value is -2.49. The van der Waals surface area contributed by atoms with Gasteiger partial charge in [-0.15, -0.1) is 11.8 Å². The van der Waals surface area contributed by atoms with Gasteiger partial charge in [-0.2, -0.15) is 15.6 Å². The molecule has 1 fully saturated rings. The molecule has 170 valence electrons. The Bertz CT molecular complexity index is 1170. The van der Waals surface area contributed by atoms with E-state index in [4.69, 9.17) is 28.5 Å². The van der Waals surface area contributed by atoms with Crippen molar-refractivity contribution in [3.05, 3.63) is 51.3 Å². The lowest BCUT2D eigenvalue weighted by atomic mass is 10.1. The fraction of sp³-hybridized carbons (Fsp3) is 0.391. The van der Waals surface area contributed by atoms with Gasteiger partial charge in [-0.05, 0) is 43.9 Å². The van der Waals surface area contributed by atoms with Crippen molar-refractivity contribution in [2.45, 2.75) is 43.8 Å². The predicted molar refractivity (Wildman–Crippen MR) is 130 cm³/mol. The number of piperidine rings is 1. The van der Waals surface area contributed by atoms with Gasteiger partial charge in [-0.1, -0.05) is 35.7 Å². The van der Waals surface area contributed by atoms with Crippen LogP contribution >= 0.6 is 35.0 Å². The van der Waals surface area contributed by atoms with Crippen LogP contribution in [0.15, 0.2) is 24.3 Å². The van der Waals surface area contributed by atoms with Crippen molar-refractivity contribution in [1.82, 2.24) is 20.2 Å². The molecule has 2 aliphatic rings. The minimum absolute atomic E-state index is 0.0612. The average Bonchev–Trinajstić information content (AvgIpc) is 3.42. The molecule has 0 spiro atoms. The number of halogens is 2. The highest BCUT2D eigenvalue weighted by molar-refractivity contribution is 8.09. The highest BCUT2D eigenvalue weighted by atomic mass is 35.5. The highest BCUT2D eigenvalue weighted by Gasteiger charge is 2.31. The van der Waals surface area contributed by atoms with Crippen LogP contribution in [0.3, 0.4) is 0 Å². The van der Waals surface area contributed by atoms with Crippen molar-refractivity contribution in [1.29, 1.82) is 10.5 Å². The van der Waals surface area contributed by atoms with Gasteiger partial charge >= 0.3 is 0 Å². The number of nitrogens with zero attached hydrogens (tertiary/aromatic N) is 5. The maximum atomic E-state index is 13.2. The lowest BCUT2D eigenvalue weighted by molar-refractivity contribution is 0.0744. The first kappa shape index (κ1) is 23.7.